The minimum Gasteiger partial charge on any atom is -0.493 e. The van der Waals surface area contributed by atoms with Crippen molar-refractivity contribution in [1.82, 2.24) is 9.80 Å². The summed E-state index contributed by atoms with van der Waals surface area (Å²) in [5.74, 6) is 1.94. The first-order valence-corrected chi connectivity index (χ1v) is 13.8. The molecule has 5 heteroatoms. The molecule has 0 radical (unpaired) electrons. The Morgan fingerprint density at radius 2 is 1.86 bits per heavy atom. The molecule has 3 saturated heterocycles. The van der Waals surface area contributed by atoms with Crippen LogP contribution in [0, 0.1) is 17.3 Å². The summed E-state index contributed by atoms with van der Waals surface area (Å²) in [7, 11) is 0. The summed E-state index contributed by atoms with van der Waals surface area (Å²) >= 11 is 0. The fourth-order valence-corrected chi connectivity index (χ4v) is 7.07. The quantitative estimate of drug-likeness (QED) is 0.472. The third-order valence-corrected chi connectivity index (χ3v) is 8.61. The maximum atomic E-state index is 12.8. The molecule has 2 bridgehead atoms. The van der Waals surface area contributed by atoms with Gasteiger partial charge in [0.05, 0.1) is 18.7 Å². The number of carboxylic acid groups (broad SMARTS) is 1. The number of rotatable bonds is 7. The zero-order valence-electron chi connectivity index (χ0n) is 22.6. The first kappa shape index (κ1) is 25.1. The summed E-state index contributed by atoms with van der Waals surface area (Å²) in [6, 6.07) is 13.2. The van der Waals surface area contributed by atoms with Crippen molar-refractivity contribution in [3.05, 3.63) is 53.1 Å². The molecule has 1 amide bonds. The van der Waals surface area contributed by atoms with Gasteiger partial charge in [-0.3, -0.25) is 4.90 Å². The minimum absolute atomic E-state index is 0.0592. The van der Waals surface area contributed by atoms with Crippen molar-refractivity contribution >= 4 is 6.09 Å². The summed E-state index contributed by atoms with van der Waals surface area (Å²) in [4.78, 5) is 17.1. The molecule has 3 aliphatic heterocycles. The highest BCUT2D eigenvalue weighted by atomic mass is 16.5. The van der Waals surface area contributed by atoms with Gasteiger partial charge in [-0.2, -0.15) is 0 Å². The summed E-state index contributed by atoms with van der Waals surface area (Å²) in [5.41, 5.74) is 5.81. The molecule has 0 unspecified atom stereocenters. The molecule has 2 atom stereocenters. The van der Waals surface area contributed by atoms with Crippen LogP contribution in [0.5, 0.6) is 5.75 Å². The number of hydrogen-bond acceptors (Lipinski definition) is 3. The molecule has 0 spiro atoms. The van der Waals surface area contributed by atoms with Crippen LogP contribution in [-0.2, 0) is 12.8 Å². The van der Waals surface area contributed by atoms with Crippen molar-refractivity contribution in [2.45, 2.75) is 72.4 Å². The number of carbonyl (C=O) groups is 1. The third kappa shape index (κ3) is 4.63. The molecule has 36 heavy (non-hydrogen) atoms. The van der Waals surface area contributed by atoms with E-state index in [1.165, 1.54) is 11.1 Å². The third-order valence-electron chi connectivity index (χ3n) is 8.61. The molecule has 194 valence electrons. The highest BCUT2D eigenvalue weighted by Gasteiger charge is 2.50. The van der Waals surface area contributed by atoms with Gasteiger partial charge in [-0.15, -0.1) is 0 Å². The number of nitrogens with zero attached hydrogens (tertiary/aromatic N) is 2. The Labute approximate surface area is 216 Å². The van der Waals surface area contributed by atoms with Gasteiger partial charge in [0.1, 0.15) is 5.75 Å². The summed E-state index contributed by atoms with van der Waals surface area (Å²) in [5, 5.41) is 10.5. The van der Waals surface area contributed by atoms with Crippen molar-refractivity contribution in [3.63, 3.8) is 0 Å². The van der Waals surface area contributed by atoms with E-state index in [1.807, 2.05) is 11.8 Å². The molecular weight excluding hydrogens is 448 g/mol. The van der Waals surface area contributed by atoms with Crippen LogP contribution < -0.4 is 4.74 Å². The second kappa shape index (κ2) is 9.74. The Balaban J connectivity index is 1.55. The van der Waals surface area contributed by atoms with Gasteiger partial charge in [0, 0.05) is 12.1 Å². The van der Waals surface area contributed by atoms with E-state index in [2.05, 4.69) is 69.0 Å². The van der Waals surface area contributed by atoms with Crippen LogP contribution in [0.25, 0.3) is 11.1 Å². The fourth-order valence-electron chi connectivity index (χ4n) is 7.07. The number of benzene rings is 2. The Morgan fingerprint density at radius 1 is 1.17 bits per heavy atom. The van der Waals surface area contributed by atoms with Crippen LogP contribution in [0.2, 0.25) is 0 Å². The van der Waals surface area contributed by atoms with Crippen LogP contribution in [0.15, 0.2) is 36.4 Å². The zero-order chi connectivity index (χ0) is 25.6. The molecule has 5 nitrogen and oxygen atoms in total. The highest BCUT2D eigenvalue weighted by Crippen LogP contribution is 2.53. The maximum absolute atomic E-state index is 12.8. The van der Waals surface area contributed by atoms with Gasteiger partial charge in [-0.25, -0.2) is 4.79 Å². The minimum atomic E-state index is -0.789. The smallest absolute Gasteiger partial charge is 0.408 e. The molecule has 1 aliphatic carbocycles. The van der Waals surface area contributed by atoms with Crippen LogP contribution in [0.3, 0.4) is 0 Å². The average Bonchev–Trinajstić information content (AvgIpc) is 3.09. The van der Waals surface area contributed by atoms with E-state index >= 15 is 0 Å². The van der Waals surface area contributed by atoms with Gasteiger partial charge in [0.15, 0.2) is 0 Å². The van der Waals surface area contributed by atoms with E-state index in [4.69, 9.17) is 4.74 Å². The van der Waals surface area contributed by atoms with Crippen molar-refractivity contribution in [1.29, 1.82) is 0 Å². The molecule has 0 saturated carbocycles. The van der Waals surface area contributed by atoms with E-state index < -0.39 is 6.09 Å². The summed E-state index contributed by atoms with van der Waals surface area (Å²) < 4.78 is 6.19. The summed E-state index contributed by atoms with van der Waals surface area (Å²) in [6.07, 6.45) is 3.35. The molecule has 0 aromatic heterocycles. The van der Waals surface area contributed by atoms with Gasteiger partial charge in [0.2, 0.25) is 0 Å². The fraction of sp³-hybridized carbons (Fsp3) is 0.581. The van der Waals surface area contributed by atoms with Crippen molar-refractivity contribution in [2.24, 2.45) is 17.3 Å². The Morgan fingerprint density at radius 3 is 2.42 bits per heavy atom. The van der Waals surface area contributed by atoms with Crippen LogP contribution in [0.1, 0.15) is 70.2 Å². The predicted molar refractivity (Wildman–Crippen MR) is 145 cm³/mol. The van der Waals surface area contributed by atoms with Gasteiger partial charge >= 0.3 is 6.09 Å². The van der Waals surface area contributed by atoms with Crippen LogP contribution >= 0.6 is 0 Å². The van der Waals surface area contributed by atoms with E-state index in [-0.39, 0.29) is 17.5 Å². The predicted octanol–water partition coefficient (Wildman–Crippen LogP) is 6.65. The van der Waals surface area contributed by atoms with E-state index in [0.29, 0.717) is 18.4 Å². The molecular formula is C31H42N2O3. The lowest BCUT2D eigenvalue weighted by Gasteiger charge is -2.51. The molecule has 2 aromatic rings. The lowest BCUT2D eigenvalue weighted by Crippen LogP contribution is -2.60. The van der Waals surface area contributed by atoms with E-state index in [1.54, 1.807) is 0 Å². The van der Waals surface area contributed by atoms with Crippen molar-refractivity contribution in [2.75, 3.05) is 26.2 Å². The first-order valence-electron chi connectivity index (χ1n) is 13.8. The van der Waals surface area contributed by atoms with Crippen LogP contribution in [0.4, 0.5) is 4.79 Å². The number of ether oxygens (including phenoxy) is 1. The van der Waals surface area contributed by atoms with Gasteiger partial charge in [-0.1, -0.05) is 52.0 Å². The molecule has 2 aromatic carbocycles. The standard InChI is InChI=1S/C31H42N2O3/c1-6-36-28-17-26-24(16-25(28)22-9-7-21(8-10-22)15-20(2)3)18-31(4,5)29(26)33(30(34)35)27-19-32-13-11-23(27)12-14-32/h7-10,16-17,20,23,27,29H,6,11-15,18-19H2,1-5H3,(H,34,35)/t27-,29+/m1/s1. The number of hydrogen-bond donors (Lipinski definition) is 1. The van der Waals surface area contributed by atoms with Crippen molar-refractivity contribution in [3.8, 4) is 16.9 Å². The number of fused-ring (bicyclic) bond motifs is 4. The molecule has 4 aliphatic rings. The zero-order valence-corrected chi connectivity index (χ0v) is 22.6. The second-order valence-corrected chi connectivity index (χ2v) is 12.2. The molecule has 3 fully saturated rings. The molecule has 3 heterocycles. The number of amides is 1. The van der Waals surface area contributed by atoms with E-state index in [9.17, 15) is 9.90 Å². The maximum Gasteiger partial charge on any atom is 0.408 e. The Kier molecular flexibility index (Phi) is 6.80. The Hall–Kier alpha value is -2.53. The topological polar surface area (TPSA) is 53.0 Å². The molecule has 6 rings (SSSR count). The average molecular weight is 491 g/mol. The summed E-state index contributed by atoms with van der Waals surface area (Å²) in [6.45, 7) is 14.6. The molecule has 1 N–H and O–H groups in total. The van der Waals surface area contributed by atoms with Gasteiger partial charge < -0.3 is 14.7 Å². The highest BCUT2D eigenvalue weighted by molar-refractivity contribution is 5.74. The number of piperidine rings is 3. The van der Waals surface area contributed by atoms with Crippen molar-refractivity contribution < 1.29 is 14.6 Å². The van der Waals surface area contributed by atoms with Gasteiger partial charge in [-0.05, 0) is 97.3 Å². The lowest BCUT2D eigenvalue weighted by molar-refractivity contribution is -0.0267. The van der Waals surface area contributed by atoms with Crippen LogP contribution in [-0.4, -0.2) is 53.3 Å². The van der Waals surface area contributed by atoms with E-state index in [0.717, 1.165) is 67.8 Å². The lowest BCUT2D eigenvalue weighted by atomic mass is 9.79. The Bertz CT molecular complexity index is 1100. The largest absolute Gasteiger partial charge is 0.493 e. The second-order valence-electron chi connectivity index (χ2n) is 12.2. The normalized spacial score (nSPS) is 26.2. The first-order chi connectivity index (χ1) is 17.2. The monoisotopic (exact) mass is 490 g/mol. The van der Waals surface area contributed by atoms with Gasteiger partial charge in [0.25, 0.3) is 0 Å². The SMILES string of the molecule is CCOc1cc2c(cc1-c1ccc(CC(C)C)cc1)CC(C)(C)[C@H]2N(C(=O)O)[C@@H]1CN2CCC1CC2.